The van der Waals surface area contributed by atoms with Crippen molar-refractivity contribution in [2.45, 2.75) is 6.54 Å². The number of aromatic nitrogens is 2. The number of nitrogens with one attached hydrogen (secondary N) is 1. The minimum Gasteiger partial charge on any atom is -0.383 e. The normalized spacial score (nSPS) is 10.4. The van der Waals surface area contributed by atoms with Crippen molar-refractivity contribution in [3.8, 4) is 0 Å². The molecule has 0 atom stereocenters. The molecule has 6 nitrogen and oxygen atoms in total. The van der Waals surface area contributed by atoms with Crippen LogP contribution in [0.1, 0.15) is 16.1 Å². The summed E-state index contributed by atoms with van der Waals surface area (Å²) in [4.78, 5) is 23.5. The van der Waals surface area contributed by atoms with Gasteiger partial charge in [0, 0.05) is 25.5 Å². The molecule has 3 rings (SSSR count). The molecule has 0 aliphatic heterocycles. The first-order chi connectivity index (χ1) is 13.3. The van der Waals surface area contributed by atoms with Crippen LogP contribution in [0.2, 0.25) is 0 Å². The Balaban J connectivity index is 1.85. The highest BCUT2D eigenvalue weighted by atomic mass is 16.5. The van der Waals surface area contributed by atoms with E-state index in [2.05, 4.69) is 15.3 Å². The summed E-state index contributed by atoms with van der Waals surface area (Å²) in [5.74, 6) is 0.230. The molecule has 0 spiro atoms. The van der Waals surface area contributed by atoms with Gasteiger partial charge in [-0.1, -0.05) is 48.5 Å². The topological polar surface area (TPSA) is 67.3 Å². The van der Waals surface area contributed by atoms with Gasteiger partial charge in [0.05, 0.1) is 13.2 Å². The van der Waals surface area contributed by atoms with Crippen LogP contribution >= 0.6 is 0 Å². The average molecular weight is 362 g/mol. The van der Waals surface area contributed by atoms with E-state index in [0.29, 0.717) is 31.3 Å². The van der Waals surface area contributed by atoms with Crippen molar-refractivity contribution < 1.29 is 9.53 Å². The minimum atomic E-state index is -0.178. The number of carbonyl (C=O) groups is 1. The van der Waals surface area contributed by atoms with E-state index in [9.17, 15) is 4.79 Å². The standard InChI is InChI=1S/C21H22N4O2/c1-27-15-14-23-21-22-13-12-19(24-21)20(26)25(18-10-6-3-7-11-18)16-17-8-4-2-5-9-17/h2-13H,14-16H2,1H3,(H,22,23,24). The van der Waals surface area contributed by atoms with Crippen LogP contribution in [-0.4, -0.2) is 36.1 Å². The second kappa shape index (κ2) is 9.45. The van der Waals surface area contributed by atoms with Crippen molar-refractivity contribution >= 4 is 17.5 Å². The van der Waals surface area contributed by atoms with Crippen molar-refractivity contribution in [1.29, 1.82) is 0 Å². The van der Waals surface area contributed by atoms with Gasteiger partial charge in [0.15, 0.2) is 0 Å². The third-order valence-electron chi connectivity index (χ3n) is 3.96. The lowest BCUT2D eigenvalue weighted by Crippen LogP contribution is -2.31. The Hall–Kier alpha value is -3.25. The molecule has 0 radical (unpaired) electrons. The van der Waals surface area contributed by atoms with Crippen LogP contribution in [0.25, 0.3) is 0 Å². The zero-order chi connectivity index (χ0) is 18.9. The van der Waals surface area contributed by atoms with E-state index in [0.717, 1.165) is 11.3 Å². The second-order valence-corrected chi connectivity index (χ2v) is 5.90. The molecule has 6 heteroatoms. The van der Waals surface area contributed by atoms with E-state index in [1.807, 2.05) is 60.7 Å². The lowest BCUT2D eigenvalue weighted by molar-refractivity contribution is 0.0980. The number of rotatable bonds is 8. The number of anilines is 2. The highest BCUT2D eigenvalue weighted by Crippen LogP contribution is 2.19. The summed E-state index contributed by atoms with van der Waals surface area (Å²) in [6.07, 6.45) is 1.58. The Kier molecular flexibility index (Phi) is 6.49. The van der Waals surface area contributed by atoms with Gasteiger partial charge in [-0.3, -0.25) is 4.79 Å². The maximum atomic E-state index is 13.2. The average Bonchev–Trinajstić information content (AvgIpc) is 2.73. The fourth-order valence-electron chi connectivity index (χ4n) is 2.62. The van der Waals surface area contributed by atoms with E-state index in [1.165, 1.54) is 0 Å². The zero-order valence-corrected chi connectivity index (χ0v) is 15.2. The molecule has 0 saturated carbocycles. The maximum Gasteiger partial charge on any atom is 0.277 e. The molecule has 1 N–H and O–H groups in total. The van der Waals surface area contributed by atoms with Crippen LogP contribution < -0.4 is 10.2 Å². The number of hydrogen-bond acceptors (Lipinski definition) is 5. The summed E-state index contributed by atoms with van der Waals surface area (Å²) in [6, 6.07) is 21.1. The quantitative estimate of drug-likeness (QED) is 0.622. The minimum absolute atomic E-state index is 0.178. The Bertz CT molecular complexity index is 856. The molecule has 3 aromatic rings. The highest BCUT2D eigenvalue weighted by Gasteiger charge is 2.20. The van der Waals surface area contributed by atoms with E-state index in [1.54, 1.807) is 24.3 Å². The van der Waals surface area contributed by atoms with Crippen LogP contribution in [0, 0.1) is 0 Å². The molecule has 0 saturated heterocycles. The molecule has 2 aromatic carbocycles. The summed E-state index contributed by atoms with van der Waals surface area (Å²) in [5.41, 5.74) is 2.20. The molecule has 1 aromatic heterocycles. The fraction of sp³-hybridized carbons (Fsp3) is 0.190. The molecule has 1 heterocycles. The number of hydrogen-bond donors (Lipinski definition) is 1. The Morgan fingerprint density at radius 1 is 1.04 bits per heavy atom. The van der Waals surface area contributed by atoms with Gasteiger partial charge in [0.25, 0.3) is 5.91 Å². The van der Waals surface area contributed by atoms with Crippen LogP contribution in [-0.2, 0) is 11.3 Å². The van der Waals surface area contributed by atoms with Crippen molar-refractivity contribution in [1.82, 2.24) is 9.97 Å². The number of nitrogens with zero attached hydrogens (tertiary/aromatic N) is 3. The van der Waals surface area contributed by atoms with Gasteiger partial charge in [-0.2, -0.15) is 0 Å². The molecule has 138 valence electrons. The third-order valence-corrected chi connectivity index (χ3v) is 3.96. The van der Waals surface area contributed by atoms with Crippen molar-refractivity contribution in [2.24, 2.45) is 0 Å². The SMILES string of the molecule is COCCNc1nccc(C(=O)N(Cc2ccccc2)c2ccccc2)n1. The number of benzene rings is 2. The molecule has 0 aliphatic carbocycles. The van der Waals surface area contributed by atoms with Crippen molar-refractivity contribution in [2.75, 3.05) is 30.5 Å². The largest absolute Gasteiger partial charge is 0.383 e. The molecule has 0 aliphatic rings. The first-order valence-corrected chi connectivity index (χ1v) is 8.74. The van der Waals surface area contributed by atoms with Crippen LogP contribution in [0.3, 0.4) is 0 Å². The summed E-state index contributed by atoms with van der Waals surface area (Å²) < 4.78 is 5.01. The molecular formula is C21H22N4O2. The van der Waals surface area contributed by atoms with E-state index in [4.69, 9.17) is 4.74 Å². The number of para-hydroxylation sites is 1. The maximum absolute atomic E-state index is 13.2. The van der Waals surface area contributed by atoms with Crippen LogP contribution in [0.15, 0.2) is 72.9 Å². The first-order valence-electron chi connectivity index (χ1n) is 8.74. The van der Waals surface area contributed by atoms with Gasteiger partial charge in [0.1, 0.15) is 5.69 Å². The zero-order valence-electron chi connectivity index (χ0n) is 15.2. The lowest BCUT2D eigenvalue weighted by Gasteiger charge is -2.23. The molecule has 1 amide bonds. The second-order valence-electron chi connectivity index (χ2n) is 5.90. The number of methoxy groups -OCH3 is 1. The van der Waals surface area contributed by atoms with Gasteiger partial charge in [-0.15, -0.1) is 0 Å². The van der Waals surface area contributed by atoms with Gasteiger partial charge in [-0.05, 0) is 23.8 Å². The Morgan fingerprint density at radius 2 is 1.74 bits per heavy atom. The van der Waals surface area contributed by atoms with Gasteiger partial charge < -0.3 is 15.0 Å². The van der Waals surface area contributed by atoms with E-state index >= 15 is 0 Å². The van der Waals surface area contributed by atoms with Crippen molar-refractivity contribution in [3.05, 3.63) is 84.2 Å². The number of amides is 1. The summed E-state index contributed by atoms with van der Waals surface area (Å²) in [7, 11) is 1.63. The van der Waals surface area contributed by atoms with Crippen LogP contribution in [0.4, 0.5) is 11.6 Å². The van der Waals surface area contributed by atoms with E-state index < -0.39 is 0 Å². The van der Waals surface area contributed by atoms with Gasteiger partial charge in [0.2, 0.25) is 5.95 Å². The Morgan fingerprint density at radius 3 is 2.44 bits per heavy atom. The lowest BCUT2D eigenvalue weighted by atomic mass is 10.2. The predicted octanol–water partition coefficient (Wildman–Crippen LogP) is 3.38. The fourth-order valence-corrected chi connectivity index (χ4v) is 2.62. The van der Waals surface area contributed by atoms with Crippen molar-refractivity contribution in [3.63, 3.8) is 0 Å². The monoisotopic (exact) mass is 362 g/mol. The summed E-state index contributed by atoms with van der Waals surface area (Å²) in [5, 5.41) is 3.05. The van der Waals surface area contributed by atoms with E-state index in [-0.39, 0.29) is 5.91 Å². The number of carbonyl (C=O) groups excluding carboxylic acids is 1. The smallest absolute Gasteiger partial charge is 0.277 e. The molecular weight excluding hydrogens is 340 g/mol. The van der Waals surface area contributed by atoms with Crippen LogP contribution in [0.5, 0.6) is 0 Å². The van der Waals surface area contributed by atoms with Gasteiger partial charge in [-0.25, -0.2) is 9.97 Å². The predicted molar refractivity (Wildman–Crippen MR) is 106 cm³/mol. The third kappa shape index (κ3) is 5.12. The molecule has 0 unspecified atom stereocenters. The molecule has 0 fully saturated rings. The Labute approximate surface area is 158 Å². The molecule has 27 heavy (non-hydrogen) atoms. The molecule has 0 bridgehead atoms. The highest BCUT2D eigenvalue weighted by molar-refractivity contribution is 6.04. The summed E-state index contributed by atoms with van der Waals surface area (Å²) >= 11 is 0. The number of ether oxygens (including phenoxy) is 1. The first kappa shape index (κ1) is 18.5. The summed E-state index contributed by atoms with van der Waals surface area (Å²) in [6.45, 7) is 1.56. The van der Waals surface area contributed by atoms with Gasteiger partial charge >= 0.3 is 0 Å².